The topological polar surface area (TPSA) is 38.9 Å². The zero-order valence-electron chi connectivity index (χ0n) is 17.6. The van der Waals surface area contributed by atoms with Crippen molar-refractivity contribution in [2.24, 2.45) is 0 Å². The second-order valence-corrected chi connectivity index (χ2v) is 8.10. The van der Waals surface area contributed by atoms with Gasteiger partial charge in [0.15, 0.2) is 0 Å². The molecule has 0 fully saturated rings. The quantitative estimate of drug-likeness (QED) is 0.422. The zero-order valence-corrected chi connectivity index (χ0v) is 18.3. The van der Waals surface area contributed by atoms with Crippen molar-refractivity contribution in [2.45, 2.75) is 33.5 Å². The third kappa shape index (κ3) is 4.48. The lowest BCUT2D eigenvalue weighted by Crippen LogP contribution is -2.18. The highest BCUT2D eigenvalue weighted by Gasteiger charge is 2.14. The predicted molar refractivity (Wildman–Crippen MR) is 121 cm³/mol. The molecule has 0 N–H and O–H groups in total. The number of benzene rings is 2. The van der Waals surface area contributed by atoms with E-state index in [9.17, 15) is 0 Å². The third-order valence-corrected chi connectivity index (χ3v) is 5.76. The molecule has 0 aliphatic carbocycles. The van der Waals surface area contributed by atoms with Gasteiger partial charge in [0.2, 0.25) is 0 Å². The van der Waals surface area contributed by atoms with E-state index < -0.39 is 0 Å². The van der Waals surface area contributed by atoms with Crippen LogP contribution in [0, 0.1) is 13.8 Å². The number of hydrogen-bond acceptors (Lipinski definition) is 3. The van der Waals surface area contributed by atoms with E-state index in [4.69, 9.17) is 16.7 Å². The standard InChI is InChI=1S/C24H26ClN5/c1-18-23(19(2)30(27-18)16-21-7-4-5-8-24(21)25)17-28(3)15-20-9-11-22(12-10-20)29-14-6-13-26-29/h4-14H,15-17H2,1-3H3. The van der Waals surface area contributed by atoms with Crippen molar-refractivity contribution in [1.29, 1.82) is 0 Å². The molecule has 6 heteroatoms. The number of aromatic nitrogens is 4. The lowest BCUT2D eigenvalue weighted by Gasteiger charge is -2.17. The summed E-state index contributed by atoms with van der Waals surface area (Å²) in [6, 6.07) is 18.4. The minimum Gasteiger partial charge on any atom is -0.298 e. The molecule has 0 radical (unpaired) electrons. The number of nitrogens with zero attached hydrogens (tertiary/aromatic N) is 5. The molecule has 0 bridgehead atoms. The van der Waals surface area contributed by atoms with Gasteiger partial charge in [-0.2, -0.15) is 10.2 Å². The van der Waals surface area contributed by atoms with Crippen molar-refractivity contribution in [3.8, 4) is 5.69 Å². The van der Waals surface area contributed by atoms with Gasteiger partial charge in [0.1, 0.15) is 0 Å². The Balaban J connectivity index is 1.44. The molecule has 2 aromatic carbocycles. The van der Waals surface area contributed by atoms with Crippen LogP contribution in [0.15, 0.2) is 67.0 Å². The summed E-state index contributed by atoms with van der Waals surface area (Å²) in [6.45, 7) is 6.62. The third-order valence-electron chi connectivity index (χ3n) is 5.40. The molecule has 0 saturated heterocycles. The summed E-state index contributed by atoms with van der Waals surface area (Å²) in [6.07, 6.45) is 3.74. The summed E-state index contributed by atoms with van der Waals surface area (Å²) < 4.78 is 3.92. The molecule has 4 rings (SSSR count). The largest absolute Gasteiger partial charge is 0.298 e. The fourth-order valence-electron chi connectivity index (χ4n) is 3.72. The van der Waals surface area contributed by atoms with Crippen molar-refractivity contribution >= 4 is 11.6 Å². The van der Waals surface area contributed by atoms with Crippen LogP contribution in [-0.2, 0) is 19.6 Å². The average molecular weight is 420 g/mol. The van der Waals surface area contributed by atoms with E-state index in [2.05, 4.69) is 65.9 Å². The summed E-state index contributed by atoms with van der Waals surface area (Å²) in [5.74, 6) is 0. The minimum atomic E-state index is 0.685. The first-order chi connectivity index (χ1) is 14.5. The highest BCUT2D eigenvalue weighted by Crippen LogP contribution is 2.21. The maximum Gasteiger partial charge on any atom is 0.0677 e. The van der Waals surface area contributed by atoms with Crippen LogP contribution >= 0.6 is 11.6 Å². The molecule has 4 aromatic rings. The fourth-order valence-corrected chi connectivity index (χ4v) is 3.91. The second kappa shape index (κ2) is 8.86. The lowest BCUT2D eigenvalue weighted by molar-refractivity contribution is 0.317. The molecular weight excluding hydrogens is 394 g/mol. The van der Waals surface area contributed by atoms with Gasteiger partial charge in [-0.15, -0.1) is 0 Å². The molecule has 0 atom stereocenters. The van der Waals surface area contributed by atoms with E-state index in [0.717, 1.165) is 35.1 Å². The minimum absolute atomic E-state index is 0.685. The van der Waals surface area contributed by atoms with Crippen molar-refractivity contribution in [1.82, 2.24) is 24.5 Å². The van der Waals surface area contributed by atoms with Crippen LogP contribution in [-0.4, -0.2) is 31.5 Å². The molecule has 154 valence electrons. The molecule has 30 heavy (non-hydrogen) atoms. The van der Waals surface area contributed by atoms with Crippen molar-refractivity contribution in [3.05, 3.63) is 100 Å². The Bertz CT molecular complexity index is 1110. The van der Waals surface area contributed by atoms with Crippen molar-refractivity contribution in [2.75, 3.05) is 7.05 Å². The summed E-state index contributed by atoms with van der Waals surface area (Å²) in [4.78, 5) is 2.32. The van der Waals surface area contributed by atoms with Crippen LogP contribution in [0.25, 0.3) is 5.69 Å². The molecule has 0 aliphatic heterocycles. The van der Waals surface area contributed by atoms with E-state index in [1.165, 1.54) is 16.8 Å². The van der Waals surface area contributed by atoms with E-state index in [-0.39, 0.29) is 0 Å². The normalized spacial score (nSPS) is 11.4. The Morgan fingerprint density at radius 2 is 1.73 bits per heavy atom. The number of hydrogen-bond donors (Lipinski definition) is 0. The Morgan fingerprint density at radius 1 is 0.967 bits per heavy atom. The number of halogens is 1. The molecule has 0 aliphatic rings. The van der Waals surface area contributed by atoms with Crippen LogP contribution in [0.4, 0.5) is 0 Å². The van der Waals surface area contributed by atoms with Crippen LogP contribution in [0.5, 0.6) is 0 Å². The Morgan fingerprint density at radius 3 is 2.43 bits per heavy atom. The molecule has 0 amide bonds. The Labute approximate surface area is 182 Å². The zero-order chi connectivity index (χ0) is 21.1. The highest BCUT2D eigenvalue weighted by atomic mass is 35.5. The van der Waals surface area contributed by atoms with Gasteiger partial charge in [-0.3, -0.25) is 9.58 Å². The fraction of sp³-hybridized carbons (Fsp3) is 0.250. The smallest absolute Gasteiger partial charge is 0.0677 e. The van der Waals surface area contributed by atoms with Crippen LogP contribution in [0.2, 0.25) is 5.02 Å². The first-order valence-electron chi connectivity index (χ1n) is 10.0. The van der Waals surface area contributed by atoms with Gasteiger partial charge in [-0.05, 0) is 56.3 Å². The van der Waals surface area contributed by atoms with Gasteiger partial charge in [0.05, 0.1) is 17.9 Å². The van der Waals surface area contributed by atoms with Gasteiger partial charge in [0, 0.05) is 41.8 Å². The average Bonchev–Trinajstić information content (AvgIpc) is 3.35. The van der Waals surface area contributed by atoms with Gasteiger partial charge in [-0.25, -0.2) is 4.68 Å². The molecule has 0 unspecified atom stereocenters. The SMILES string of the molecule is Cc1nn(Cc2ccccc2Cl)c(C)c1CN(C)Cc1ccc(-n2cccn2)cc1. The van der Waals surface area contributed by atoms with Crippen LogP contribution in [0.3, 0.4) is 0 Å². The molecular formula is C24H26ClN5. The van der Waals surface area contributed by atoms with Crippen molar-refractivity contribution < 1.29 is 0 Å². The summed E-state index contributed by atoms with van der Waals surface area (Å²) in [5, 5.41) is 9.83. The van der Waals surface area contributed by atoms with E-state index >= 15 is 0 Å². The first kappa shape index (κ1) is 20.4. The maximum absolute atomic E-state index is 6.34. The van der Waals surface area contributed by atoms with Crippen molar-refractivity contribution in [3.63, 3.8) is 0 Å². The van der Waals surface area contributed by atoms with E-state index in [1.807, 2.05) is 35.1 Å². The maximum atomic E-state index is 6.34. The van der Waals surface area contributed by atoms with Crippen LogP contribution in [0.1, 0.15) is 28.1 Å². The number of rotatable bonds is 7. The predicted octanol–water partition coefficient (Wildman–Crippen LogP) is 5.02. The summed E-state index contributed by atoms with van der Waals surface area (Å²) >= 11 is 6.34. The summed E-state index contributed by atoms with van der Waals surface area (Å²) in [7, 11) is 2.14. The van der Waals surface area contributed by atoms with Gasteiger partial charge in [0.25, 0.3) is 0 Å². The van der Waals surface area contributed by atoms with Crippen LogP contribution < -0.4 is 0 Å². The molecule has 2 heterocycles. The molecule has 0 saturated carbocycles. The monoisotopic (exact) mass is 419 g/mol. The summed E-state index contributed by atoms with van der Waals surface area (Å²) in [5.41, 5.74) is 6.96. The molecule has 2 aromatic heterocycles. The molecule has 5 nitrogen and oxygen atoms in total. The highest BCUT2D eigenvalue weighted by molar-refractivity contribution is 6.31. The molecule has 0 spiro atoms. The Kier molecular flexibility index (Phi) is 6.02. The number of aryl methyl sites for hydroxylation is 1. The Hall–Kier alpha value is -2.89. The van der Waals surface area contributed by atoms with Gasteiger partial charge >= 0.3 is 0 Å². The van der Waals surface area contributed by atoms with Gasteiger partial charge < -0.3 is 0 Å². The van der Waals surface area contributed by atoms with Gasteiger partial charge in [-0.1, -0.05) is 41.9 Å². The first-order valence-corrected chi connectivity index (χ1v) is 10.4. The second-order valence-electron chi connectivity index (χ2n) is 7.69. The van der Waals surface area contributed by atoms with E-state index in [0.29, 0.717) is 6.54 Å². The van der Waals surface area contributed by atoms with E-state index in [1.54, 1.807) is 6.20 Å². The lowest BCUT2D eigenvalue weighted by atomic mass is 10.1.